The molecular weight excluding hydrogens is 382 g/mol. The van der Waals surface area contributed by atoms with Crippen LogP contribution in [0.3, 0.4) is 0 Å². The largest absolute Gasteiger partial charge is 0.497 e. The van der Waals surface area contributed by atoms with Crippen molar-refractivity contribution in [3.63, 3.8) is 0 Å². The lowest BCUT2D eigenvalue weighted by molar-refractivity contribution is -0.121. The predicted molar refractivity (Wildman–Crippen MR) is 113 cm³/mol. The molecule has 2 amide bonds. The SMILES string of the molecule is COc1ccc(C(=O)NCCCC(=O)NCCCc2nnc3n2CCCCC3)cc1. The molecule has 1 aromatic heterocycles. The number of hydrogen-bond acceptors (Lipinski definition) is 5. The molecule has 3 rings (SSSR count). The number of benzene rings is 1. The summed E-state index contributed by atoms with van der Waals surface area (Å²) in [6, 6.07) is 6.93. The molecule has 8 nitrogen and oxygen atoms in total. The number of ether oxygens (including phenoxy) is 1. The van der Waals surface area contributed by atoms with Crippen LogP contribution < -0.4 is 15.4 Å². The van der Waals surface area contributed by atoms with Crippen LogP contribution in [0.4, 0.5) is 0 Å². The van der Waals surface area contributed by atoms with Gasteiger partial charge in [-0.3, -0.25) is 9.59 Å². The lowest BCUT2D eigenvalue weighted by Gasteiger charge is -2.08. The molecule has 162 valence electrons. The van der Waals surface area contributed by atoms with Crippen molar-refractivity contribution in [2.75, 3.05) is 20.2 Å². The van der Waals surface area contributed by atoms with Gasteiger partial charge >= 0.3 is 0 Å². The number of carbonyl (C=O) groups excluding carboxylic acids is 2. The van der Waals surface area contributed by atoms with Crippen molar-refractivity contribution in [3.05, 3.63) is 41.5 Å². The summed E-state index contributed by atoms with van der Waals surface area (Å²) in [4.78, 5) is 24.1. The lowest BCUT2D eigenvalue weighted by Crippen LogP contribution is -2.28. The van der Waals surface area contributed by atoms with Gasteiger partial charge in [-0.1, -0.05) is 6.42 Å². The van der Waals surface area contributed by atoms with Crippen LogP contribution in [0.25, 0.3) is 0 Å². The van der Waals surface area contributed by atoms with Crippen LogP contribution in [0.1, 0.15) is 60.5 Å². The first kappa shape index (κ1) is 21.8. The molecule has 1 aliphatic heterocycles. The van der Waals surface area contributed by atoms with Gasteiger partial charge in [0.2, 0.25) is 5.91 Å². The highest BCUT2D eigenvalue weighted by Crippen LogP contribution is 2.15. The summed E-state index contributed by atoms with van der Waals surface area (Å²) in [6.45, 7) is 2.09. The van der Waals surface area contributed by atoms with E-state index in [0.717, 1.165) is 37.5 Å². The maximum Gasteiger partial charge on any atom is 0.251 e. The van der Waals surface area contributed by atoms with E-state index in [-0.39, 0.29) is 11.8 Å². The minimum atomic E-state index is -0.148. The summed E-state index contributed by atoms with van der Waals surface area (Å²) in [5, 5.41) is 14.4. The number of nitrogens with one attached hydrogen (secondary N) is 2. The first-order valence-electron chi connectivity index (χ1n) is 10.8. The quantitative estimate of drug-likeness (QED) is 0.582. The fourth-order valence-electron chi connectivity index (χ4n) is 3.59. The minimum absolute atomic E-state index is 0.00812. The standard InChI is InChI=1S/C22H31N5O3/c1-30-18-12-10-17(11-13-18)22(29)24-15-6-9-21(28)23-14-5-8-20-26-25-19-7-3-2-4-16-27(19)20/h10-13H,2-9,14-16H2,1H3,(H,23,28)(H,24,29). The predicted octanol–water partition coefficient (Wildman–Crippen LogP) is 2.27. The van der Waals surface area contributed by atoms with Gasteiger partial charge in [0.25, 0.3) is 5.91 Å². The fraction of sp³-hybridized carbons (Fsp3) is 0.545. The zero-order valence-electron chi connectivity index (χ0n) is 17.7. The van der Waals surface area contributed by atoms with Gasteiger partial charge in [-0.25, -0.2) is 0 Å². The van der Waals surface area contributed by atoms with Crippen molar-refractivity contribution in [3.8, 4) is 5.75 Å². The molecule has 0 aliphatic carbocycles. The van der Waals surface area contributed by atoms with E-state index >= 15 is 0 Å². The number of amides is 2. The van der Waals surface area contributed by atoms with E-state index in [9.17, 15) is 9.59 Å². The van der Waals surface area contributed by atoms with Gasteiger partial charge in [-0.15, -0.1) is 10.2 Å². The van der Waals surface area contributed by atoms with Crippen LogP contribution in [0.5, 0.6) is 5.75 Å². The normalized spacial score (nSPS) is 13.2. The molecule has 0 saturated carbocycles. The topological polar surface area (TPSA) is 98.1 Å². The Bertz CT molecular complexity index is 832. The third-order valence-corrected chi connectivity index (χ3v) is 5.30. The molecule has 0 unspecified atom stereocenters. The number of hydrogen-bond donors (Lipinski definition) is 2. The number of rotatable bonds is 10. The molecule has 0 spiro atoms. The van der Waals surface area contributed by atoms with Gasteiger partial charge in [-0.2, -0.15) is 0 Å². The minimum Gasteiger partial charge on any atom is -0.497 e. The zero-order chi connectivity index (χ0) is 21.2. The van der Waals surface area contributed by atoms with Crippen LogP contribution in [0.2, 0.25) is 0 Å². The summed E-state index contributed by atoms with van der Waals surface area (Å²) in [5.74, 6) is 2.70. The molecular formula is C22H31N5O3. The second-order valence-corrected chi connectivity index (χ2v) is 7.54. The molecule has 1 aromatic carbocycles. The zero-order valence-corrected chi connectivity index (χ0v) is 17.7. The molecule has 1 aliphatic rings. The summed E-state index contributed by atoms with van der Waals surface area (Å²) >= 11 is 0. The number of aromatic nitrogens is 3. The van der Waals surface area contributed by atoms with E-state index in [4.69, 9.17) is 4.74 Å². The van der Waals surface area contributed by atoms with E-state index in [1.165, 1.54) is 19.3 Å². The second kappa shape index (κ2) is 11.3. The van der Waals surface area contributed by atoms with E-state index in [1.807, 2.05) is 0 Å². The Morgan fingerprint density at radius 3 is 2.63 bits per heavy atom. The highest BCUT2D eigenvalue weighted by Gasteiger charge is 2.14. The van der Waals surface area contributed by atoms with Crippen LogP contribution in [-0.2, 0) is 24.2 Å². The molecule has 0 fully saturated rings. The number of carbonyl (C=O) groups is 2. The molecule has 8 heteroatoms. The van der Waals surface area contributed by atoms with E-state index in [2.05, 4.69) is 25.4 Å². The van der Waals surface area contributed by atoms with Crippen LogP contribution in [0, 0.1) is 0 Å². The Morgan fingerprint density at radius 1 is 1.03 bits per heavy atom. The summed E-state index contributed by atoms with van der Waals surface area (Å²) in [6.07, 6.45) is 7.30. The van der Waals surface area contributed by atoms with Crippen molar-refractivity contribution < 1.29 is 14.3 Å². The smallest absolute Gasteiger partial charge is 0.251 e. The van der Waals surface area contributed by atoms with Crippen molar-refractivity contribution >= 4 is 11.8 Å². The maximum absolute atomic E-state index is 12.1. The molecule has 0 radical (unpaired) electrons. The van der Waals surface area contributed by atoms with E-state index < -0.39 is 0 Å². The maximum atomic E-state index is 12.1. The van der Waals surface area contributed by atoms with Gasteiger partial charge in [0.15, 0.2) is 0 Å². The van der Waals surface area contributed by atoms with Crippen LogP contribution >= 0.6 is 0 Å². The Balaban J connectivity index is 1.27. The van der Waals surface area contributed by atoms with Gasteiger partial charge in [0, 0.05) is 44.5 Å². The molecule has 30 heavy (non-hydrogen) atoms. The highest BCUT2D eigenvalue weighted by molar-refractivity contribution is 5.94. The first-order valence-corrected chi connectivity index (χ1v) is 10.8. The van der Waals surface area contributed by atoms with Gasteiger partial charge in [-0.05, 0) is 49.9 Å². The third-order valence-electron chi connectivity index (χ3n) is 5.30. The van der Waals surface area contributed by atoms with Gasteiger partial charge in [0.05, 0.1) is 7.11 Å². The molecule has 2 aromatic rings. The average molecular weight is 414 g/mol. The third kappa shape index (κ3) is 6.30. The lowest BCUT2D eigenvalue weighted by atomic mass is 10.2. The molecule has 2 heterocycles. The first-order chi connectivity index (χ1) is 14.7. The molecule has 0 bridgehead atoms. The average Bonchev–Trinajstić information content (AvgIpc) is 2.99. The molecule has 2 N–H and O–H groups in total. The van der Waals surface area contributed by atoms with E-state index in [0.29, 0.717) is 37.2 Å². The van der Waals surface area contributed by atoms with Crippen LogP contribution in [0.15, 0.2) is 24.3 Å². The van der Waals surface area contributed by atoms with E-state index in [1.54, 1.807) is 31.4 Å². The summed E-state index contributed by atoms with van der Waals surface area (Å²) in [7, 11) is 1.59. The van der Waals surface area contributed by atoms with Crippen molar-refractivity contribution in [1.82, 2.24) is 25.4 Å². The molecule has 0 atom stereocenters. The highest BCUT2D eigenvalue weighted by atomic mass is 16.5. The van der Waals surface area contributed by atoms with Gasteiger partial charge < -0.3 is 19.9 Å². The van der Waals surface area contributed by atoms with Crippen molar-refractivity contribution in [2.45, 2.75) is 57.9 Å². The Morgan fingerprint density at radius 2 is 1.83 bits per heavy atom. The van der Waals surface area contributed by atoms with Crippen molar-refractivity contribution in [2.24, 2.45) is 0 Å². The van der Waals surface area contributed by atoms with Gasteiger partial charge in [0.1, 0.15) is 17.4 Å². The summed E-state index contributed by atoms with van der Waals surface area (Å²) < 4.78 is 7.33. The van der Waals surface area contributed by atoms with Crippen LogP contribution in [-0.4, -0.2) is 46.8 Å². The fourth-order valence-corrected chi connectivity index (χ4v) is 3.59. The monoisotopic (exact) mass is 413 g/mol. The Kier molecular flexibility index (Phi) is 8.23. The Hall–Kier alpha value is -2.90. The summed E-state index contributed by atoms with van der Waals surface area (Å²) in [5.41, 5.74) is 0.576. The molecule has 0 saturated heterocycles. The second-order valence-electron chi connectivity index (χ2n) is 7.54. The number of aryl methyl sites for hydroxylation is 2. The number of methoxy groups -OCH3 is 1. The Labute approximate surface area is 177 Å². The van der Waals surface area contributed by atoms with Crippen molar-refractivity contribution in [1.29, 1.82) is 0 Å². The number of nitrogens with zero attached hydrogens (tertiary/aromatic N) is 3. The number of fused-ring (bicyclic) bond motifs is 1.